The summed E-state index contributed by atoms with van der Waals surface area (Å²) in [5, 5.41) is 12.4. The predicted molar refractivity (Wildman–Crippen MR) is 60.2 cm³/mol. The van der Waals surface area contributed by atoms with Crippen molar-refractivity contribution in [2.24, 2.45) is 11.8 Å². The molecule has 0 saturated carbocycles. The lowest BCUT2D eigenvalue weighted by Gasteiger charge is -2.40. The van der Waals surface area contributed by atoms with E-state index in [1.54, 1.807) is 7.11 Å². The van der Waals surface area contributed by atoms with Crippen molar-refractivity contribution in [3.05, 3.63) is 0 Å². The van der Waals surface area contributed by atoms with Crippen LogP contribution < -0.4 is 5.84 Å². The molecule has 1 heterocycles. The molecule has 1 aliphatic rings. The molecule has 0 aliphatic carbocycles. The Hall–Kier alpha value is -0.160. The first-order valence-electron chi connectivity index (χ1n) is 5.83. The van der Waals surface area contributed by atoms with Gasteiger partial charge in [0.1, 0.15) is 0 Å². The van der Waals surface area contributed by atoms with Crippen LogP contribution in [0.3, 0.4) is 0 Å². The Kier molecular flexibility index (Phi) is 4.99. The predicted octanol–water partition coefficient (Wildman–Crippen LogP) is 0.750. The molecule has 1 saturated heterocycles. The first kappa shape index (κ1) is 12.9. The third kappa shape index (κ3) is 3.41. The molecule has 3 N–H and O–H groups in total. The van der Waals surface area contributed by atoms with Gasteiger partial charge in [-0.25, -0.2) is 5.01 Å². The standard InChI is InChI=1S/C11H24N2O2/c1-3-11(14,6-9-15-2)10-4-7-13(12)8-5-10/h10,14H,3-9,12H2,1-2H3. The lowest BCUT2D eigenvalue weighted by atomic mass is 9.77. The van der Waals surface area contributed by atoms with Crippen LogP contribution in [-0.2, 0) is 4.74 Å². The molecule has 4 heteroatoms. The van der Waals surface area contributed by atoms with E-state index < -0.39 is 5.60 Å². The van der Waals surface area contributed by atoms with E-state index in [-0.39, 0.29) is 0 Å². The normalized spacial score (nSPS) is 24.0. The number of hydrogen-bond donors (Lipinski definition) is 2. The van der Waals surface area contributed by atoms with Crippen molar-refractivity contribution in [1.82, 2.24) is 5.01 Å². The number of hydrogen-bond acceptors (Lipinski definition) is 4. The maximum Gasteiger partial charge on any atom is 0.0696 e. The maximum atomic E-state index is 10.5. The molecule has 1 rings (SSSR count). The number of nitrogens with two attached hydrogens (primary N) is 1. The quantitative estimate of drug-likeness (QED) is 0.666. The van der Waals surface area contributed by atoms with Crippen LogP contribution >= 0.6 is 0 Å². The second-order valence-electron chi connectivity index (χ2n) is 4.51. The summed E-state index contributed by atoms with van der Waals surface area (Å²) >= 11 is 0. The monoisotopic (exact) mass is 216 g/mol. The van der Waals surface area contributed by atoms with Crippen LogP contribution in [0, 0.1) is 5.92 Å². The van der Waals surface area contributed by atoms with Crippen LogP contribution in [0.4, 0.5) is 0 Å². The van der Waals surface area contributed by atoms with Crippen LogP contribution in [0.5, 0.6) is 0 Å². The summed E-state index contributed by atoms with van der Waals surface area (Å²) in [4.78, 5) is 0. The third-order valence-electron chi connectivity index (χ3n) is 3.64. The van der Waals surface area contributed by atoms with E-state index in [0.717, 1.165) is 38.8 Å². The Labute approximate surface area is 92.4 Å². The fourth-order valence-electron chi connectivity index (χ4n) is 2.39. The van der Waals surface area contributed by atoms with Crippen molar-refractivity contribution in [2.45, 2.75) is 38.2 Å². The molecule has 90 valence electrons. The van der Waals surface area contributed by atoms with E-state index >= 15 is 0 Å². The molecule has 15 heavy (non-hydrogen) atoms. The Bertz CT molecular complexity index is 181. The van der Waals surface area contributed by atoms with E-state index in [0.29, 0.717) is 12.5 Å². The lowest BCUT2D eigenvalue weighted by Crippen LogP contribution is -2.47. The van der Waals surface area contributed by atoms with Crippen molar-refractivity contribution in [3.8, 4) is 0 Å². The number of ether oxygens (including phenoxy) is 1. The van der Waals surface area contributed by atoms with Gasteiger partial charge in [-0.05, 0) is 31.6 Å². The number of methoxy groups -OCH3 is 1. The van der Waals surface area contributed by atoms with E-state index in [4.69, 9.17) is 10.6 Å². The van der Waals surface area contributed by atoms with Gasteiger partial charge in [0.25, 0.3) is 0 Å². The third-order valence-corrected chi connectivity index (χ3v) is 3.64. The zero-order valence-electron chi connectivity index (χ0n) is 9.91. The molecular formula is C11H24N2O2. The highest BCUT2D eigenvalue weighted by Gasteiger charge is 2.36. The minimum absolute atomic E-state index is 0.373. The fourth-order valence-corrected chi connectivity index (χ4v) is 2.39. The zero-order chi connectivity index (χ0) is 11.3. The van der Waals surface area contributed by atoms with Gasteiger partial charge >= 0.3 is 0 Å². The zero-order valence-corrected chi connectivity index (χ0v) is 9.91. The summed E-state index contributed by atoms with van der Waals surface area (Å²) < 4.78 is 5.06. The average Bonchev–Trinajstić information content (AvgIpc) is 2.27. The van der Waals surface area contributed by atoms with E-state index in [2.05, 4.69) is 0 Å². The van der Waals surface area contributed by atoms with Crippen LogP contribution in [0.15, 0.2) is 0 Å². The number of piperidine rings is 1. The van der Waals surface area contributed by atoms with Gasteiger partial charge in [0, 0.05) is 26.8 Å². The lowest BCUT2D eigenvalue weighted by molar-refractivity contribution is -0.0645. The molecule has 0 amide bonds. The first-order chi connectivity index (χ1) is 7.12. The molecule has 0 aromatic heterocycles. The van der Waals surface area contributed by atoms with Crippen molar-refractivity contribution in [1.29, 1.82) is 0 Å². The molecule has 1 fully saturated rings. The van der Waals surface area contributed by atoms with Gasteiger partial charge < -0.3 is 9.84 Å². The minimum Gasteiger partial charge on any atom is -0.390 e. The van der Waals surface area contributed by atoms with Gasteiger partial charge in [-0.2, -0.15) is 0 Å². The fraction of sp³-hybridized carbons (Fsp3) is 1.00. The van der Waals surface area contributed by atoms with Crippen LogP contribution in [0.25, 0.3) is 0 Å². The average molecular weight is 216 g/mol. The van der Waals surface area contributed by atoms with E-state index in [1.807, 2.05) is 11.9 Å². The van der Waals surface area contributed by atoms with E-state index in [1.165, 1.54) is 0 Å². The summed E-state index contributed by atoms with van der Waals surface area (Å²) in [7, 11) is 1.68. The molecule has 0 bridgehead atoms. The summed E-state index contributed by atoms with van der Waals surface area (Å²) in [6.45, 7) is 4.46. The summed E-state index contributed by atoms with van der Waals surface area (Å²) in [6, 6.07) is 0. The van der Waals surface area contributed by atoms with Crippen molar-refractivity contribution >= 4 is 0 Å². The molecule has 0 aromatic rings. The first-order valence-corrected chi connectivity index (χ1v) is 5.83. The second-order valence-corrected chi connectivity index (χ2v) is 4.51. The second kappa shape index (κ2) is 5.80. The SMILES string of the molecule is CCC(O)(CCOC)C1CCN(N)CC1. The molecule has 0 radical (unpaired) electrons. The Morgan fingerprint density at radius 2 is 2.07 bits per heavy atom. The summed E-state index contributed by atoms with van der Waals surface area (Å²) in [5.41, 5.74) is -0.558. The number of nitrogens with zero attached hydrogens (tertiary/aromatic N) is 1. The molecule has 1 atom stereocenters. The minimum atomic E-state index is -0.558. The van der Waals surface area contributed by atoms with Gasteiger partial charge in [-0.15, -0.1) is 0 Å². The van der Waals surface area contributed by atoms with Crippen LogP contribution in [0.2, 0.25) is 0 Å². The van der Waals surface area contributed by atoms with Crippen molar-refractivity contribution < 1.29 is 9.84 Å². The number of aliphatic hydroxyl groups is 1. The summed E-state index contributed by atoms with van der Waals surface area (Å²) in [6.07, 6.45) is 3.51. The number of hydrazine groups is 1. The highest BCUT2D eigenvalue weighted by atomic mass is 16.5. The van der Waals surface area contributed by atoms with Gasteiger partial charge in [-0.1, -0.05) is 6.92 Å². The highest BCUT2D eigenvalue weighted by Crippen LogP contribution is 2.32. The highest BCUT2D eigenvalue weighted by molar-refractivity contribution is 4.88. The molecule has 4 nitrogen and oxygen atoms in total. The van der Waals surface area contributed by atoms with Crippen molar-refractivity contribution in [2.75, 3.05) is 26.8 Å². The van der Waals surface area contributed by atoms with E-state index in [9.17, 15) is 5.11 Å². The molecule has 0 spiro atoms. The maximum absolute atomic E-state index is 10.5. The van der Waals surface area contributed by atoms with Gasteiger partial charge in [-0.3, -0.25) is 5.84 Å². The summed E-state index contributed by atoms with van der Waals surface area (Å²) in [5.74, 6) is 6.08. The van der Waals surface area contributed by atoms with Crippen LogP contribution in [0.1, 0.15) is 32.6 Å². The Morgan fingerprint density at radius 3 is 2.53 bits per heavy atom. The smallest absolute Gasteiger partial charge is 0.0696 e. The number of rotatable bonds is 5. The molecule has 0 aromatic carbocycles. The Balaban J connectivity index is 2.49. The molecule has 1 aliphatic heterocycles. The topological polar surface area (TPSA) is 58.7 Å². The molecule has 1 unspecified atom stereocenters. The van der Waals surface area contributed by atoms with Gasteiger partial charge in [0.2, 0.25) is 0 Å². The van der Waals surface area contributed by atoms with Gasteiger partial charge in [0.05, 0.1) is 5.60 Å². The van der Waals surface area contributed by atoms with Crippen LogP contribution in [-0.4, -0.2) is 42.5 Å². The van der Waals surface area contributed by atoms with Gasteiger partial charge in [0.15, 0.2) is 0 Å². The Morgan fingerprint density at radius 1 is 1.47 bits per heavy atom. The molecular weight excluding hydrogens is 192 g/mol. The largest absolute Gasteiger partial charge is 0.390 e. The van der Waals surface area contributed by atoms with Crippen molar-refractivity contribution in [3.63, 3.8) is 0 Å².